The Hall–Kier alpha value is -1.49. The Labute approximate surface area is 85.8 Å². The summed E-state index contributed by atoms with van der Waals surface area (Å²) in [7, 11) is 1.13. The van der Waals surface area contributed by atoms with Crippen LogP contribution in [0.2, 0.25) is 0 Å². The molecule has 0 aliphatic rings. The smallest absolute Gasteiger partial charge is 0.330 e. The van der Waals surface area contributed by atoms with Gasteiger partial charge in [0.05, 0.1) is 7.11 Å². The molecule has 0 aliphatic heterocycles. The molecule has 1 aromatic carbocycles. The second-order valence-corrected chi connectivity index (χ2v) is 3.32. The molecule has 0 amide bonds. The van der Waals surface area contributed by atoms with Crippen molar-refractivity contribution in [2.24, 2.45) is 5.73 Å². The minimum Gasteiger partial charge on any atom is -0.467 e. The zero-order valence-electron chi connectivity index (χ0n) is 8.38. The highest BCUT2D eigenvalue weighted by atomic mass is 19.1. The molecule has 0 fully saturated rings. The topological polar surface area (TPSA) is 52.3 Å². The molecule has 1 rings (SSSR count). The molecule has 82 valence electrons. The largest absolute Gasteiger partial charge is 0.467 e. The van der Waals surface area contributed by atoms with Gasteiger partial charge < -0.3 is 10.5 Å². The number of nitrogens with two attached hydrogens (primary N) is 1. The first kappa shape index (κ1) is 11.6. The number of carbonyl (C=O) groups excluding carboxylic acids is 1. The lowest BCUT2D eigenvalue weighted by molar-refractivity contribution is -0.146. The van der Waals surface area contributed by atoms with Gasteiger partial charge in [0.1, 0.15) is 17.2 Å². The van der Waals surface area contributed by atoms with E-state index in [9.17, 15) is 13.6 Å². The van der Waals surface area contributed by atoms with Crippen LogP contribution in [0.1, 0.15) is 12.5 Å². The van der Waals surface area contributed by atoms with Crippen LogP contribution < -0.4 is 5.73 Å². The van der Waals surface area contributed by atoms with Crippen LogP contribution in [0.15, 0.2) is 18.2 Å². The quantitative estimate of drug-likeness (QED) is 0.757. The fourth-order valence-corrected chi connectivity index (χ4v) is 1.22. The number of esters is 1. The van der Waals surface area contributed by atoms with Crippen LogP contribution in [0.25, 0.3) is 0 Å². The van der Waals surface area contributed by atoms with Gasteiger partial charge in [-0.05, 0) is 25.1 Å². The van der Waals surface area contributed by atoms with Gasteiger partial charge in [-0.25, -0.2) is 13.6 Å². The number of benzene rings is 1. The van der Waals surface area contributed by atoms with Gasteiger partial charge in [0.2, 0.25) is 0 Å². The van der Waals surface area contributed by atoms with E-state index in [0.717, 1.165) is 25.3 Å². The van der Waals surface area contributed by atoms with Crippen LogP contribution in [0.4, 0.5) is 8.78 Å². The Morgan fingerprint density at radius 2 is 2.07 bits per heavy atom. The second-order valence-electron chi connectivity index (χ2n) is 3.32. The molecule has 0 radical (unpaired) electrons. The number of rotatable bonds is 2. The average Bonchev–Trinajstić information content (AvgIpc) is 2.20. The molecule has 5 heteroatoms. The average molecular weight is 215 g/mol. The third-order valence-corrected chi connectivity index (χ3v) is 2.10. The number of carbonyl (C=O) groups is 1. The standard InChI is InChI=1S/C10H11F2NO2/c1-10(13,9(14)15-2)7-5-6(11)3-4-8(7)12/h3-5H,13H2,1-2H3/t10-/m1/s1. The molecule has 0 bridgehead atoms. The first-order chi connectivity index (χ1) is 6.89. The van der Waals surface area contributed by atoms with E-state index in [4.69, 9.17) is 5.73 Å². The summed E-state index contributed by atoms with van der Waals surface area (Å²) in [6.45, 7) is 1.26. The van der Waals surface area contributed by atoms with Crippen molar-refractivity contribution in [3.05, 3.63) is 35.4 Å². The molecule has 0 spiro atoms. The summed E-state index contributed by atoms with van der Waals surface area (Å²) >= 11 is 0. The van der Waals surface area contributed by atoms with E-state index in [-0.39, 0.29) is 5.56 Å². The molecular weight excluding hydrogens is 204 g/mol. The van der Waals surface area contributed by atoms with E-state index in [1.54, 1.807) is 0 Å². The van der Waals surface area contributed by atoms with Crippen molar-refractivity contribution in [1.29, 1.82) is 0 Å². The van der Waals surface area contributed by atoms with Crippen LogP contribution in [0.5, 0.6) is 0 Å². The van der Waals surface area contributed by atoms with Crippen molar-refractivity contribution >= 4 is 5.97 Å². The molecule has 3 nitrogen and oxygen atoms in total. The summed E-state index contributed by atoms with van der Waals surface area (Å²) in [6, 6.07) is 2.75. The Balaban J connectivity index is 3.25. The number of hydrogen-bond acceptors (Lipinski definition) is 3. The molecular formula is C10H11F2NO2. The van der Waals surface area contributed by atoms with E-state index in [0.29, 0.717) is 0 Å². The molecule has 0 aliphatic carbocycles. The first-order valence-corrected chi connectivity index (χ1v) is 4.22. The van der Waals surface area contributed by atoms with E-state index in [2.05, 4.69) is 4.74 Å². The third kappa shape index (κ3) is 2.12. The maximum absolute atomic E-state index is 13.3. The number of ether oxygens (including phenoxy) is 1. The van der Waals surface area contributed by atoms with Crippen LogP contribution in [0, 0.1) is 11.6 Å². The molecule has 0 unspecified atom stereocenters. The van der Waals surface area contributed by atoms with Crippen molar-refractivity contribution in [3.8, 4) is 0 Å². The van der Waals surface area contributed by atoms with Gasteiger partial charge in [-0.15, -0.1) is 0 Å². The summed E-state index contributed by atoms with van der Waals surface area (Å²) < 4.78 is 30.6. The lowest BCUT2D eigenvalue weighted by Crippen LogP contribution is -2.43. The maximum atomic E-state index is 13.3. The summed E-state index contributed by atoms with van der Waals surface area (Å²) in [4.78, 5) is 11.3. The Bertz CT molecular complexity index is 391. The first-order valence-electron chi connectivity index (χ1n) is 4.22. The SMILES string of the molecule is COC(=O)[C@](C)(N)c1cc(F)ccc1F. The molecule has 15 heavy (non-hydrogen) atoms. The van der Waals surface area contributed by atoms with Gasteiger partial charge in [0.15, 0.2) is 0 Å². The van der Waals surface area contributed by atoms with Gasteiger partial charge in [-0.3, -0.25) is 0 Å². The van der Waals surface area contributed by atoms with Crippen molar-refractivity contribution < 1.29 is 18.3 Å². The molecule has 2 N–H and O–H groups in total. The highest BCUT2D eigenvalue weighted by molar-refractivity contribution is 5.81. The van der Waals surface area contributed by atoms with Gasteiger partial charge in [0.25, 0.3) is 0 Å². The van der Waals surface area contributed by atoms with Crippen LogP contribution in [-0.4, -0.2) is 13.1 Å². The van der Waals surface area contributed by atoms with Crippen LogP contribution in [-0.2, 0) is 15.1 Å². The minimum atomic E-state index is -1.69. The van der Waals surface area contributed by atoms with Gasteiger partial charge >= 0.3 is 5.97 Å². The lowest BCUT2D eigenvalue weighted by Gasteiger charge is -2.22. The zero-order chi connectivity index (χ0) is 11.6. The van der Waals surface area contributed by atoms with Crippen molar-refractivity contribution in [2.45, 2.75) is 12.5 Å². The molecule has 1 aromatic rings. The zero-order valence-corrected chi connectivity index (χ0v) is 8.38. The number of methoxy groups -OCH3 is 1. The third-order valence-electron chi connectivity index (χ3n) is 2.10. The van der Waals surface area contributed by atoms with Gasteiger partial charge in [-0.1, -0.05) is 0 Å². The summed E-state index contributed by atoms with van der Waals surface area (Å²) in [5, 5.41) is 0. The maximum Gasteiger partial charge on any atom is 0.330 e. The summed E-state index contributed by atoms with van der Waals surface area (Å²) in [6.07, 6.45) is 0. The Kier molecular flexibility index (Phi) is 3.04. The predicted molar refractivity (Wildman–Crippen MR) is 49.9 cm³/mol. The van der Waals surface area contributed by atoms with E-state index in [1.165, 1.54) is 6.92 Å². The minimum absolute atomic E-state index is 0.227. The summed E-state index contributed by atoms with van der Waals surface area (Å²) in [5.41, 5.74) is 3.66. The van der Waals surface area contributed by atoms with Crippen molar-refractivity contribution in [1.82, 2.24) is 0 Å². The number of halogens is 2. The van der Waals surface area contributed by atoms with Crippen molar-refractivity contribution in [2.75, 3.05) is 7.11 Å². The van der Waals surface area contributed by atoms with E-state index < -0.39 is 23.1 Å². The molecule has 0 heterocycles. The van der Waals surface area contributed by atoms with E-state index >= 15 is 0 Å². The molecule has 0 saturated heterocycles. The fourth-order valence-electron chi connectivity index (χ4n) is 1.22. The number of hydrogen-bond donors (Lipinski definition) is 1. The fraction of sp³-hybridized carbons (Fsp3) is 0.300. The van der Waals surface area contributed by atoms with Gasteiger partial charge in [0, 0.05) is 5.56 Å². The second kappa shape index (κ2) is 3.94. The van der Waals surface area contributed by atoms with Gasteiger partial charge in [-0.2, -0.15) is 0 Å². The highest BCUT2D eigenvalue weighted by Crippen LogP contribution is 2.23. The monoisotopic (exact) mass is 215 g/mol. The predicted octanol–water partition coefficient (Wildman–Crippen LogP) is 1.31. The molecule has 0 saturated carbocycles. The molecule has 1 atom stereocenters. The highest BCUT2D eigenvalue weighted by Gasteiger charge is 2.34. The Morgan fingerprint density at radius 3 is 2.60 bits per heavy atom. The van der Waals surface area contributed by atoms with Crippen LogP contribution >= 0.6 is 0 Å². The van der Waals surface area contributed by atoms with Crippen molar-refractivity contribution in [3.63, 3.8) is 0 Å². The molecule has 0 aromatic heterocycles. The Morgan fingerprint density at radius 1 is 1.47 bits per heavy atom. The normalized spacial score (nSPS) is 14.5. The lowest BCUT2D eigenvalue weighted by atomic mass is 9.93. The van der Waals surface area contributed by atoms with E-state index in [1.807, 2.05) is 0 Å². The van der Waals surface area contributed by atoms with Crippen LogP contribution in [0.3, 0.4) is 0 Å². The summed E-state index contributed by atoms with van der Waals surface area (Å²) in [5.74, 6) is -2.23.